The maximum Gasteiger partial charge on any atom is 0.305 e. The maximum atomic E-state index is 10.7. The molecule has 0 radical (unpaired) electrons. The van der Waals surface area contributed by atoms with E-state index in [0.717, 1.165) is 19.1 Å². The maximum absolute atomic E-state index is 10.7. The molecule has 0 fully saturated rings. The third kappa shape index (κ3) is 3.15. The number of rotatable bonds is 2. The predicted molar refractivity (Wildman–Crippen MR) is 50.1 cm³/mol. The van der Waals surface area contributed by atoms with E-state index in [9.17, 15) is 18.3 Å². The summed E-state index contributed by atoms with van der Waals surface area (Å²) in [5.74, 6) is -2.76. The van der Waals surface area contributed by atoms with E-state index in [0.29, 0.717) is 0 Å². The molecule has 0 aromatic carbocycles. The van der Waals surface area contributed by atoms with Crippen molar-refractivity contribution in [2.24, 2.45) is 0 Å². The highest BCUT2D eigenvalue weighted by Crippen LogP contribution is 2.25. The van der Waals surface area contributed by atoms with E-state index >= 15 is 0 Å². The monoisotopic (exact) mass is 234 g/mol. The zero-order chi connectivity index (χ0) is 11.7. The van der Waals surface area contributed by atoms with E-state index in [1.54, 1.807) is 0 Å². The summed E-state index contributed by atoms with van der Waals surface area (Å²) >= 11 is 0. The lowest BCUT2D eigenvalue weighted by molar-refractivity contribution is -0.187. The van der Waals surface area contributed by atoms with Crippen molar-refractivity contribution in [1.82, 2.24) is 0 Å². The summed E-state index contributed by atoms with van der Waals surface area (Å²) in [4.78, 5) is 10.1. The SMILES string of the molecule is CC(=O)OC1(O)C=C(S(=O)(=O)O)C=CC1. The van der Waals surface area contributed by atoms with Crippen LogP contribution in [0.25, 0.3) is 0 Å². The lowest BCUT2D eigenvalue weighted by Gasteiger charge is -2.25. The summed E-state index contributed by atoms with van der Waals surface area (Å²) in [6.45, 7) is 1.08. The van der Waals surface area contributed by atoms with E-state index in [1.165, 1.54) is 6.08 Å². The summed E-state index contributed by atoms with van der Waals surface area (Å²) in [6.07, 6.45) is 3.12. The van der Waals surface area contributed by atoms with Gasteiger partial charge in [0.05, 0.1) is 4.91 Å². The van der Waals surface area contributed by atoms with Crippen LogP contribution in [0.15, 0.2) is 23.1 Å². The van der Waals surface area contributed by atoms with Gasteiger partial charge in [-0.15, -0.1) is 0 Å². The second-order valence-electron chi connectivity index (χ2n) is 3.07. The van der Waals surface area contributed by atoms with E-state index < -0.39 is 26.8 Å². The summed E-state index contributed by atoms with van der Waals surface area (Å²) in [6, 6.07) is 0. The van der Waals surface area contributed by atoms with Crippen LogP contribution in [0.1, 0.15) is 13.3 Å². The minimum Gasteiger partial charge on any atom is -0.429 e. The van der Waals surface area contributed by atoms with Crippen molar-refractivity contribution >= 4 is 16.1 Å². The van der Waals surface area contributed by atoms with Crippen LogP contribution in [0, 0.1) is 0 Å². The van der Waals surface area contributed by atoms with Crippen LogP contribution in [-0.2, 0) is 19.6 Å². The highest BCUT2D eigenvalue weighted by molar-refractivity contribution is 7.90. The number of carbonyl (C=O) groups excluding carboxylic acids is 1. The highest BCUT2D eigenvalue weighted by atomic mass is 32.2. The molecule has 15 heavy (non-hydrogen) atoms. The number of esters is 1. The number of aliphatic hydroxyl groups is 1. The van der Waals surface area contributed by atoms with Crippen LogP contribution in [0.3, 0.4) is 0 Å². The zero-order valence-corrected chi connectivity index (χ0v) is 8.69. The summed E-state index contributed by atoms with van der Waals surface area (Å²) < 4.78 is 34.7. The van der Waals surface area contributed by atoms with Gasteiger partial charge >= 0.3 is 5.97 Å². The van der Waals surface area contributed by atoms with Crippen molar-refractivity contribution in [3.05, 3.63) is 23.1 Å². The highest BCUT2D eigenvalue weighted by Gasteiger charge is 2.32. The van der Waals surface area contributed by atoms with Crippen molar-refractivity contribution in [3.8, 4) is 0 Å². The first-order chi connectivity index (χ1) is 6.73. The van der Waals surface area contributed by atoms with E-state index in [1.807, 2.05) is 0 Å². The molecule has 2 N–H and O–H groups in total. The molecule has 1 aliphatic rings. The number of carbonyl (C=O) groups is 1. The van der Waals surface area contributed by atoms with E-state index in [4.69, 9.17) is 4.55 Å². The van der Waals surface area contributed by atoms with Crippen molar-refractivity contribution in [3.63, 3.8) is 0 Å². The second kappa shape index (κ2) is 3.76. The Labute approximate surface area is 86.6 Å². The van der Waals surface area contributed by atoms with Crippen molar-refractivity contribution in [1.29, 1.82) is 0 Å². The third-order valence-corrected chi connectivity index (χ3v) is 2.53. The van der Waals surface area contributed by atoms with Gasteiger partial charge < -0.3 is 9.84 Å². The molecule has 6 nitrogen and oxygen atoms in total. The minimum absolute atomic E-state index is 0.0639. The largest absolute Gasteiger partial charge is 0.429 e. The topological polar surface area (TPSA) is 101 Å². The molecule has 0 saturated carbocycles. The van der Waals surface area contributed by atoms with Gasteiger partial charge in [-0.1, -0.05) is 6.08 Å². The van der Waals surface area contributed by atoms with Crippen LogP contribution in [0.5, 0.6) is 0 Å². The van der Waals surface area contributed by atoms with Gasteiger partial charge in [0.1, 0.15) is 0 Å². The average molecular weight is 234 g/mol. The van der Waals surface area contributed by atoms with Crippen LogP contribution >= 0.6 is 0 Å². The van der Waals surface area contributed by atoms with Crippen molar-refractivity contribution < 1.29 is 27.6 Å². The number of ether oxygens (including phenoxy) is 1. The Balaban J connectivity index is 3.03. The van der Waals surface area contributed by atoms with E-state index in [2.05, 4.69) is 4.74 Å². The Kier molecular flexibility index (Phi) is 2.98. The Morgan fingerprint density at radius 3 is 2.67 bits per heavy atom. The van der Waals surface area contributed by atoms with Crippen LogP contribution < -0.4 is 0 Å². The van der Waals surface area contributed by atoms with Gasteiger partial charge in [0.25, 0.3) is 10.1 Å². The summed E-state index contributed by atoms with van der Waals surface area (Å²) in [5, 5.41) is 9.63. The average Bonchev–Trinajstić information content (AvgIpc) is 1.99. The molecule has 1 aliphatic carbocycles. The molecular weight excluding hydrogens is 224 g/mol. The van der Waals surface area contributed by atoms with Crippen LogP contribution in [0.4, 0.5) is 0 Å². The van der Waals surface area contributed by atoms with Gasteiger partial charge in [-0.3, -0.25) is 9.35 Å². The fourth-order valence-electron chi connectivity index (χ4n) is 1.15. The molecular formula is C8H10O6S. The predicted octanol–water partition coefficient (Wildman–Crippen LogP) is -0.0303. The van der Waals surface area contributed by atoms with Crippen LogP contribution in [-0.4, -0.2) is 29.8 Å². The molecule has 0 aliphatic heterocycles. The molecule has 0 aromatic rings. The summed E-state index contributed by atoms with van der Waals surface area (Å²) in [5.41, 5.74) is 0. The number of hydrogen-bond acceptors (Lipinski definition) is 5. The molecule has 1 unspecified atom stereocenters. The normalized spacial score (nSPS) is 25.9. The second-order valence-corrected chi connectivity index (χ2v) is 4.49. The first-order valence-electron chi connectivity index (χ1n) is 4.02. The zero-order valence-electron chi connectivity index (χ0n) is 7.87. The van der Waals surface area contributed by atoms with Gasteiger partial charge in [-0.25, -0.2) is 0 Å². The van der Waals surface area contributed by atoms with Gasteiger partial charge in [0.15, 0.2) is 0 Å². The molecule has 84 valence electrons. The lowest BCUT2D eigenvalue weighted by atomic mass is 10.1. The van der Waals surface area contributed by atoms with E-state index in [-0.39, 0.29) is 6.42 Å². The Morgan fingerprint density at radius 1 is 1.60 bits per heavy atom. The molecule has 7 heteroatoms. The van der Waals surface area contributed by atoms with Crippen molar-refractivity contribution in [2.45, 2.75) is 19.1 Å². The smallest absolute Gasteiger partial charge is 0.305 e. The molecule has 0 amide bonds. The molecule has 0 aromatic heterocycles. The van der Waals surface area contributed by atoms with Gasteiger partial charge in [-0.2, -0.15) is 8.42 Å². The number of allylic oxidation sites excluding steroid dienone is 1. The molecule has 0 bridgehead atoms. The standard InChI is InChI=1S/C8H10O6S/c1-6(9)14-8(10)4-2-3-7(5-8)15(11,12)13/h2-3,5,10H,4H2,1H3,(H,11,12,13). The Hall–Kier alpha value is -1.18. The Bertz CT molecular complexity index is 432. The van der Waals surface area contributed by atoms with Gasteiger partial charge in [0.2, 0.25) is 5.79 Å². The quantitative estimate of drug-likeness (QED) is 0.395. The lowest BCUT2D eigenvalue weighted by Crippen LogP contribution is -2.33. The molecule has 1 rings (SSSR count). The minimum atomic E-state index is -4.41. The first kappa shape index (κ1) is 11.9. The van der Waals surface area contributed by atoms with Gasteiger partial charge in [0, 0.05) is 19.4 Å². The number of hydrogen-bond donors (Lipinski definition) is 2. The fraction of sp³-hybridized carbons (Fsp3) is 0.375. The third-order valence-electron chi connectivity index (χ3n) is 1.68. The van der Waals surface area contributed by atoms with Crippen LogP contribution in [0.2, 0.25) is 0 Å². The van der Waals surface area contributed by atoms with Crippen molar-refractivity contribution in [2.75, 3.05) is 0 Å². The first-order valence-corrected chi connectivity index (χ1v) is 5.46. The molecule has 0 saturated heterocycles. The fourth-order valence-corrected chi connectivity index (χ4v) is 1.76. The molecule has 0 spiro atoms. The summed E-state index contributed by atoms with van der Waals surface area (Å²) in [7, 11) is -4.41. The van der Waals surface area contributed by atoms with Gasteiger partial charge in [-0.05, 0) is 6.08 Å². The molecule has 1 atom stereocenters. The molecule has 0 heterocycles. The Morgan fingerprint density at radius 2 is 2.20 bits per heavy atom.